The molecule has 0 bridgehead atoms. The van der Waals surface area contributed by atoms with Gasteiger partial charge in [0.2, 0.25) is 5.88 Å². The molecule has 1 saturated heterocycles. The van der Waals surface area contributed by atoms with Gasteiger partial charge in [-0.1, -0.05) is 54.8 Å². The molecule has 1 aromatic heterocycles. The molecule has 5 rings (SSSR count). The molecule has 10 heteroatoms. The summed E-state index contributed by atoms with van der Waals surface area (Å²) >= 11 is 0. The molecule has 2 aromatic carbocycles. The number of aromatic nitrogens is 1. The molecule has 0 unspecified atom stereocenters. The Kier molecular flexibility index (Phi) is 9.99. The van der Waals surface area contributed by atoms with E-state index in [2.05, 4.69) is 15.5 Å². The molecule has 2 aliphatic rings. The summed E-state index contributed by atoms with van der Waals surface area (Å²) in [6, 6.07) is 17.2. The molecule has 0 spiro atoms. The number of nitrogens with one attached hydrogen (secondary N) is 2. The van der Waals surface area contributed by atoms with Crippen molar-refractivity contribution in [1.29, 1.82) is 0 Å². The third-order valence-corrected chi connectivity index (χ3v) is 8.55. The van der Waals surface area contributed by atoms with Gasteiger partial charge in [-0.15, -0.1) is 0 Å². The fourth-order valence-corrected chi connectivity index (χ4v) is 6.09. The topological polar surface area (TPSA) is 105 Å². The number of amides is 4. The summed E-state index contributed by atoms with van der Waals surface area (Å²) in [7, 11) is 1.84. The number of ether oxygens (including phenoxy) is 2. The first-order valence-electron chi connectivity index (χ1n) is 15.3. The standard InChI is InChI=1S/C33H43N5O5/c1-25-11-12-28-27(23-25)24-29(36(28)2)43-32(41)35-33(14-6-7-15-33)30(39)38(18-13-26-9-4-3-5-10-26)31(40)34-16-8-17-37-19-21-42-22-20-37/h3-5,9-12,23-24H,6-8,13-22H2,1-2H3,(H,34,40)(H,35,41). The Hall–Kier alpha value is -3.89. The minimum Gasteiger partial charge on any atom is -0.393 e. The second-order valence-electron chi connectivity index (χ2n) is 11.6. The Labute approximate surface area is 253 Å². The van der Waals surface area contributed by atoms with Crippen LogP contribution in [0.3, 0.4) is 0 Å². The van der Waals surface area contributed by atoms with E-state index in [1.165, 1.54) is 4.90 Å². The van der Waals surface area contributed by atoms with Gasteiger partial charge in [-0.2, -0.15) is 0 Å². The van der Waals surface area contributed by atoms with Gasteiger partial charge in [0.1, 0.15) is 5.54 Å². The molecule has 2 N–H and O–H groups in total. The van der Waals surface area contributed by atoms with Crippen LogP contribution in [0, 0.1) is 6.92 Å². The monoisotopic (exact) mass is 589 g/mol. The van der Waals surface area contributed by atoms with E-state index in [1.807, 2.05) is 73.1 Å². The summed E-state index contributed by atoms with van der Waals surface area (Å²) in [6.07, 6.45) is 3.02. The van der Waals surface area contributed by atoms with E-state index in [0.717, 1.165) is 74.1 Å². The van der Waals surface area contributed by atoms with Crippen LogP contribution in [0.2, 0.25) is 0 Å². The zero-order chi connectivity index (χ0) is 30.2. The van der Waals surface area contributed by atoms with Gasteiger partial charge in [-0.25, -0.2) is 9.59 Å². The third-order valence-electron chi connectivity index (χ3n) is 8.55. The van der Waals surface area contributed by atoms with E-state index in [-0.39, 0.29) is 6.54 Å². The maximum Gasteiger partial charge on any atom is 0.414 e. The van der Waals surface area contributed by atoms with Gasteiger partial charge in [0.15, 0.2) is 0 Å². The Morgan fingerprint density at radius 1 is 1.02 bits per heavy atom. The molecule has 0 atom stereocenters. The van der Waals surface area contributed by atoms with Crippen molar-refractivity contribution in [2.75, 3.05) is 45.9 Å². The average Bonchev–Trinajstić information content (AvgIpc) is 3.60. The lowest BCUT2D eigenvalue weighted by Crippen LogP contribution is -2.61. The van der Waals surface area contributed by atoms with Crippen molar-refractivity contribution < 1.29 is 23.9 Å². The lowest BCUT2D eigenvalue weighted by atomic mass is 9.95. The second kappa shape index (κ2) is 14.1. The van der Waals surface area contributed by atoms with Gasteiger partial charge in [-0.05, 0) is 56.8 Å². The first-order chi connectivity index (χ1) is 20.8. The van der Waals surface area contributed by atoms with Crippen molar-refractivity contribution in [2.45, 2.75) is 51.0 Å². The molecular formula is C33H43N5O5. The number of rotatable bonds is 10. The molecular weight excluding hydrogens is 546 g/mol. The normalized spacial score (nSPS) is 16.6. The highest BCUT2D eigenvalue weighted by molar-refractivity contribution is 6.01. The molecule has 2 heterocycles. The van der Waals surface area contributed by atoms with E-state index < -0.39 is 23.6 Å². The van der Waals surface area contributed by atoms with E-state index in [0.29, 0.717) is 31.7 Å². The number of hydrogen-bond acceptors (Lipinski definition) is 6. The largest absolute Gasteiger partial charge is 0.414 e. The van der Waals surface area contributed by atoms with Crippen LogP contribution in [-0.4, -0.2) is 83.9 Å². The number of morpholine rings is 1. The number of imide groups is 1. The summed E-state index contributed by atoms with van der Waals surface area (Å²) in [6.45, 7) is 6.76. The predicted molar refractivity (Wildman–Crippen MR) is 165 cm³/mol. The minimum absolute atomic E-state index is 0.208. The number of hydrogen-bond donors (Lipinski definition) is 2. The van der Waals surface area contributed by atoms with Crippen molar-refractivity contribution in [3.8, 4) is 5.88 Å². The number of urea groups is 1. The molecule has 0 radical (unpaired) electrons. The number of carbonyl (C=O) groups is 3. The maximum atomic E-state index is 14.2. The molecule has 43 heavy (non-hydrogen) atoms. The van der Waals surface area contributed by atoms with Crippen LogP contribution in [0.25, 0.3) is 10.9 Å². The van der Waals surface area contributed by atoms with E-state index >= 15 is 0 Å². The smallest absolute Gasteiger partial charge is 0.393 e. The quantitative estimate of drug-likeness (QED) is 0.340. The van der Waals surface area contributed by atoms with Crippen molar-refractivity contribution in [3.05, 3.63) is 65.7 Å². The fourth-order valence-electron chi connectivity index (χ4n) is 6.09. The minimum atomic E-state index is -1.21. The lowest BCUT2D eigenvalue weighted by Gasteiger charge is -2.34. The second-order valence-corrected chi connectivity index (χ2v) is 11.6. The molecule has 2 fully saturated rings. The Morgan fingerprint density at radius 3 is 2.51 bits per heavy atom. The van der Waals surface area contributed by atoms with Crippen LogP contribution in [0.4, 0.5) is 9.59 Å². The molecule has 1 aliphatic carbocycles. The van der Waals surface area contributed by atoms with Crippen LogP contribution >= 0.6 is 0 Å². The van der Waals surface area contributed by atoms with Gasteiger partial charge in [0.05, 0.1) is 18.7 Å². The molecule has 3 aromatic rings. The highest BCUT2D eigenvalue weighted by atomic mass is 16.6. The number of fused-ring (bicyclic) bond motifs is 1. The SMILES string of the molecule is Cc1ccc2c(c1)cc(OC(=O)NC1(C(=O)N(CCc3ccccc3)C(=O)NCCCN3CCOCC3)CCCC1)n2C. The van der Waals surface area contributed by atoms with Gasteiger partial charge in [0.25, 0.3) is 5.91 Å². The zero-order valence-electron chi connectivity index (χ0n) is 25.3. The highest BCUT2D eigenvalue weighted by Gasteiger charge is 2.47. The van der Waals surface area contributed by atoms with Crippen LogP contribution < -0.4 is 15.4 Å². The van der Waals surface area contributed by atoms with Crippen molar-refractivity contribution in [1.82, 2.24) is 25.0 Å². The molecule has 1 aliphatic heterocycles. The molecule has 1 saturated carbocycles. The van der Waals surface area contributed by atoms with Crippen molar-refractivity contribution >= 4 is 28.9 Å². The number of nitrogens with zero attached hydrogens (tertiary/aromatic N) is 3. The van der Waals surface area contributed by atoms with E-state index in [1.54, 1.807) is 0 Å². The average molecular weight is 590 g/mol. The third kappa shape index (κ3) is 7.55. The summed E-state index contributed by atoms with van der Waals surface area (Å²) in [5, 5.41) is 6.83. The van der Waals surface area contributed by atoms with Crippen LogP contribution in [-0.2, 0) is 23.0 Å². The molecule has 4 amide bonds. The molecule has 10 nitrogen and oxygen atoms in total. The number of benzene rings is 2. The van der Waals surface area contributed by atoms with Gasteiger partial charge >= 0.3 is 12.1 Å². The number of aryl methyl sites for hydroxylation is 2. The first kappa shape index (κ1) is 30.6. The molecule has 230 valence electrons. The van der Waals surface area contributed by atoms with Crippen molar-refractivity contribution in [3.63, 3.8) is 0 Å². The van der Waals surface area contributed by atoms with E-state index in [4.69, 9.17) is 9.47 Å². The van der Waals surface area contributed by atoms with Crippen molar-refractivity contribution in [2.24, 2.45) is 7.05 Å². The fraction of sp³-hybridized carbons (Fsp3) is 0.485. The van der Waals surface area contributed by atoms with Gasteiger partial charge in [-0.3, -0.25) is 14.6 Å². The first-order valence-corrected chi connectivity index (χ1v) is 15.3. The zero-order valence-corrected chi connectivity index (χ0v) is 25.3. The highest BCUT2D eigenvalue weighted by Crippen LogP contribution is 2.33. The maximum absolute atomic E-state index is 14.2. The van der Waals surface area contributed by atoms with Crippen LogP contribution in [0.5, 0.6) is 5.88 Å². The Morgan fingerprint density at radius 2 is 1.77 bits per heavy atom. The Balaban J connectivity index is 1.27. The Bertz CT molecular complexity index is 1410. The van der Waals surface area contributed by atoms with Gasteiger partial charge in [0, 0.05) is 44.7 Å². The summed E-state index contributed by atoms with van der Waals surface area (Å²) < 4.78 is 13.0. The number of carbonyl (C=O) groups excluding carboxylic acids is 3. The summed E-state index contributed by atoms with van der Waals surface area (Å²) in [4.78, 5) is 44.6. The summed E-state index contributed by atoms with van der Waals surface area (Å²) in [5.74, 6) is -0.00568. The predicted octanol–water partition coefficient (Wildman–Crippen LogP) is 4.39. The van der Waals surface area contributed by atoms with E-state index in [9.17, 15) is 14.4 Å². The van der Waals surface area contributed by atoms with Gasteiger partial charge < -0.3 is 24.7 Å². The summed E-state index contributed by atoms with van der Waals surface area (Å²) in [5.41, 5.74) is 1.87. The van der Waals surface area contributed by atoms with Crippen LogP contribution in [0.1, 0.15) is 43.2 Å². The van der Waals surface area contributed by atoms with Crippen LogP contribution in [0.15, 0.2) is 54.6 Å². The lowest BCUT2D eigenvalue weighted by molar-refractivity contribution is -0.135.